The number of pyridine rings is 1. The Morgan fingerprint density at radius 1 is 1.00 bits per heavy atom. The Morgan fingerprint density at radius 2 is 1.90 bits per heavy atom. The smallest absolute Gasteiger partial charge is 0.181 e. The SMILES string of the molecule is COc1ccn2c(-c3cc(NCc4ccc(-c5cocn5)cc4)ncn3)cnc2c1. The van der Waals surface area contributed by atoms with Gasteiger partial charge in [0.05, 0.1) is 24.7 Å². The van der Waals surface area contributed by atoms with Crippen LogP contribution in [0.5, 0.6) is 5.75 Å². The fourth-order valence-electron chi connectivity index (χ4n) is 3.21. The lowest BCUT2D eigenvalue weighted by Crippen LogP contribution is -2.02. The molecule has 0 aliphatic rings. The molecule has 0 atom stereocenters. The largest absolute Gasteiger partial charge is 0.497 e. The van der Waals surface area contributed by atoms with Gasteiger partial charge in [-0.05, 0) is 11.6 Å². The Hall–Kier alpha value is -4.20. The first-order valence-corrected chi connectivity index (χ1v) is 9.35. The summed E-state index contributed by atoms with van der Waals surface area (Å²) in [4.78, 5) is 17.4. The van der Waals surface area contributed by atoms with Crippen molar-refractivity contribution in [3.8, 4) is 28.4 Å². The second kappa shape index (κ2) is 7.67. The number of hydrogen-bond acceptors (Lipinski definition) is 7. The zero-order chi connectivity index (χ0) is 20.3. The van der Waals surface area contributed by atoms with Crippen LogP contribution < -0.4 is 10.1 Å². The van der Waals surface area contributed by atoms with Crippen LogP contribution in [0.25, 0.3) is 28.3 Å². The molecule has 0 saturated heterocycles. The molecule has 30 heavy (non-hydrogen) atoms. The number of nitrogens with one attached hydrogen (secondary N) is 1. The minimum Gasteiger partial charge on any atom is -0.497 e. The highest BCUT2D eigenvalue weighted by Gasteiger charge is 2.09. The molecule has 0 aliphatic heterocycles. The van der Waals surface area contributed by atoms with Crippen LogP contribution in [0, 0.1) is 0 Å². The Bertz CT molecular complexity index is 1280. The van der Waals surface area contributed by atoms with E-state index in [1.807, 2.05) is 40.9 Å². The van der Waals surface area contributed by atoms with E-state index in [1.165, 1.54) is 6.39 Å². The summed E-state index contributed by atoms with van der Waals surface area (Å²) in [5.41, 5.74) is 5.43. The van der Waals surface area contributed by atoms with E-state index in [0.29, 0.717) is 6.54 Å². The first-order valence-electron chi connectivity index (χ1n) is 9.35. The molecular formula is C22H18N6O2. The van der Waals surface area contributed by atoms with E-state index in [0.717, 1.165) is 45.4 Å². The maximum atomic E-state index is 5.26. The predicted octanol–water partition coefficient (Wildman–Crippen LogP) is 4.07. The lowest BCUT2D eigenvalue weighted by Gasteiger charge is -2.08. The molecule has 0 aliphatic carbocycles. The summed E-state index contributed by atoms with van der Waals surface area (Å²) in [6.07, 6.45) is 8.32. The highest BCUT2D eigenvalue weighted by molar-refractivity contribution is 5.63. The molecule has 0 saturated carbocycles. The van der Waals surface area contributed by atoms with Gasteiger partial charge in [-0.25, -0.2) is 19.9 Å². The third-order valence-corrected chi connectivity index (χ3v) is 4.81. The minimum atomic E-state index is 0.639. The lowest BCUT2D eigenvalue weighted by atomic mass is 10.1. The summed E-state index contributed by atoms with van der Waals surface area (Å²) >= 11 is 0. The number of aromatic nitrogens is 5. The summed E-state index contributed by atoms with van der Waals surface area (Å²) in [7, 11) is 1.64. The molecule has 0 fully saturated rings. The number of ether oxygens (including phenoxy) is 1. The Labute approximate surface area is 172 Å². The van der Waals surface area contributed by atoms with Gasteiger partial charge < -0.3 is 14.5 Å². The van der Waals surface area contributed by atoms with Gasteiger partial charge in [0.2, 0.25) is 0 Å². The fraction of sp³-hybridized carbons (Fsp3) is 0.0909. The van der Waals surface area contributed by atoms with Gasteiger partial charge in [-0.2, -0.15) is 0 Å². The van der Waals surface area contributed by atoms with Crippen LogP contribution in [-0.4, -0.2) is 31.4 Å². The van der Waals surface area contributed by atoms with Gasteiger partial charge in [0.1, 0.15) is 35.5 Å². The average molecular weight is 398 g/mol. The molecule has 148 valence electrons. The highest BCUT2D eigenvalue weighted by Crippen LogP contribution is 2.23. The fourth-order valence-corrected chi connectivity index (χ4v) is 3.21. The molecule has 5 rings (SSSR count). The normalized spacial score (nSPS) is 11.0. The number of hydrogen-bond donors (Lipinski definition) is 1. The first kappa shape index (κ1) is 17.9. The van der Waals surface area contributed by atoms with Crippen LogP contribution in [0.1, 0.15) is 5.56 Å². The number of fused-ring (bicyclic) bond motifs is 1. The molecule has 5 aromatic rings. The molecule has 1 N–H and O–H groups in total. The zero-order valence-corrected chi connectivity index (χ0v) is 16.2. The van der Waals surface area contributed by atoms with Crippen molar-refractivity contribution in [1.82, 2.24) is 24.3 Å². The van der Waals surface area contributed by atoms with E-state index in [2.05, 4.69) is 37.4 Å². The third-order valence-electron chi connectivity index (χ3n) is 4.81. The van der Waals surface area contributed by atoms with E-state index in [4.69, 9.17) is 9.15 Å². The van der Waals surface area contributed by atoms with E-state index >= 15 is 0 Å². The molecule has 4 aromatic heterocycles. The van der Waals surface area contributed by atoms with Gasteiger partial charge >= 0.3 is 0 Å². The Morgan fingerprint density at radius 3 is 2.70 bits per heavy atom. The summed E-state index contributed by atoms with van der Waals surface area (Å²) in [6.45, 7) is 0.639. The van der Waals surface area contributed by atoms with E-state index in [9.17, 15) is 0 Å². The van der Waals surface area contributed by atoms with Crippen molar-refractivity contribution in [1.29, 1.82) is 0 Å². The number of imidazole rings is 1. The Balaban J connectivity index is 1.33. The van der Waals surface area contributed by atoms with Crippen LogP contribution in [0.3, 0.4) is 0 Å². The van der Waals surface area contributed by atoms with Crippen LogP contribution in [-0.2, 0) is 6.54 Å². The second-order valence-corrected chi connectivity index (χ2v) is 6.65. The summed E-state index contributed by atoms with van der Waals surface area (Å²) in [5, 5.41) is 3.35. The molecular weight excluding hydrogens is 380 g/mol. The number of oxazole rings is 1. The van der Waals surface area contributed by atoms with Gasteiger partial charge in [0.25, 0.3) is 0 Å². The molecule has 0 bridgehead atoms. The number of anilines is 1. The molecule has 1 aromatic carbocycles. The van der Waals surface area contributed by atoms with Gasteiger partial charge in [-0.15, -0.1) is 0 Å². The predicted molar refractivity (Wildman–Crippen MR) is 112 cm³/mol. The average Bonchev–Trinajstić information content (AvgIpc) is 3.48. The zero-order valence-electron chi connectivity index (χ0n) is 16.2. The first-order chi connectivity index (χ1) is 14.8. The van der Waals surface area contributed by atoms with Crippen LogP contribution in [0.15, 0.2) is 78.3 Å². The monoisotopic (exact) mass is 398 g/mol. The van der Waals surface area contributed by atoms with Crippen molar-refractivity contribution >= 4 is 11.5 Å². The van der Waals surface area contributed by atoms with Crippen LogP contribution >= 0.6 is 0 Å². The quantitative estimate of drug-likeness (QED) is 0.461. The summed E-state index contributed by atoms with van der Waals surface area (Å²) in [6, 6.07) is 13.8. The van der Waals surface area contributed by atoms with Crippen molar-refractivity contribution in [2.75, 3.05) is 12.4 Å². The maximum absolute atomic E-state index is 5.26. The topological polar surface area (TPSA) is 90.4 Å². The summed E-state index contributed by atoms with van der Waals surface area (Å²) in [5.74, 6) is 1.50. The molecule has 8 heteroatoms. The third kappa shape index (κ3) is 3.46. The maximum Gasteiger partial charge on any atom is 0.181 e. The second-order valence-electron chi connectivity index (χ2n) is 6.65. The van der Waals surface area contributed by atoms with Crippen molar-refractivity contribution in [2.24, 2.45) is 0 Å². The highest BCUT2D eigenvalue weighted by atomic mass is 16.5. The van der Waals surface area contributed by atoms with Crippen LogP contribution in [0.4, 0.5) is 5.82 Å². The number of benzene rings is 1. The standard InChI is InChI=1S/C22H18N6O2/c1-29-17-6-7-28-20(11-24-22(28)8-17)18-9-21(26-13-25-18)23-10-15-2-4-16(5-3-15)19-12-30-14-27-19/h2-9,11-14H,10H2,1H3,(H,23,25,26). The van der Waals surface area contributed by atoms with Crippen LogP contribution in [0.2, 0.25) is 0 Å². The molecule has 8 nitrogen and oxygen atoms in total. The number of nitrogens with zero attached hydrogens (tertiary/aromatic N) is 5. The van der Waals surface area contributed by atoms with Gasteiger partial charge in [-0.1, -0.05) is 24.3 Å². The van der Waals surface area contributed by atoms with E-state index < -0.39 is 0 Å². The molecule has 4 heterocycles. The van der Waals surface area contributed by atoms with Crippen molar-refractivity contribution in [3.05, 3.63) is 79.4 Å². The van der Waals surface area contributed by atoms with Gasteiger partial charge in [0.15, 0.2) is 6.39 Å². The van der Waals surface area contributed by atoms with Crippen molar-refractivity contribution in [2.45, 2.75) is 6.54 Å². The minimum absolute atomic E-state index is 0.639. The van der Waals surface area contributed by atoms with Crippen molar-refractivity contribution in [3.63, 3.8) is 0 Å². The van der Waals surface area contributed by atoms with E-state index in [1.54, 1.807) is 25.9 Å². The molecule has 0 unspecified atom stereocenters. The summed E-state index contributed by atoms with van der Waals surface area (Å²) < 4.78 is 12.3. The molecule has 0 spiro atoms. The Kier molecular flexibility index (Phi) is 4.57. The van der Waals surface area contributed by atoms with Crippen molar-refractivity contribution < 1.29 is 9.15 Å². The lowest BCUT2D eigenvalue weighted by molar-refractivity contribution is 0.414. The molecule has 0 radical (unpaired) electrons. The number of methoxy groups -OCH3 is 1. The van der Waals surface area contributed by atoms with Gasteiger partial charge in [-0.3, -0.25) is 4.40 Å². The molecule has 0 amide bonds. The number of rotatable bonds is 6. The van der Waals surface area contributed by atoms with E-state index in [-0.39, 0.29) is 0 Å². The van der Waals surface area contributed by atoms with Gasteiger partial charge in [0, 0.05) is 30.4 Å².